The summed E-state index contributed by atoms with van der Waals surface area (Å²) in [6.45, 7) is 2.25. The molecule has 0 bridgehead atoms. The number of aromatic amines is 1. The molecule has 0 aliphatic heterocycles. The second kappa shape index (κ2) is 7.26. The summed E-state index contributed by atoms with van der Waals surface area (Å²) >= 11 is 0. The molecule has 2 aromatic carbocycles. The van der Waals surface area contributed by atoms with Crippen molar-refractivity contribution in [2.75, 3.05) is 0 Å². The van der Waals surface area contributed by atoms with Crippen LogP contribution >= 0.6 is 0 Å². The van der Waals surface area contributed by atoms with E-state index in [-0.39, 0.29) is 0 Å². The first-order valence-electron chi connectivity index (χ1n) is 8.40. The number of benzene rings is 2. The Labute approximate surface area is 132 Å². The maximum atomic E-state index is 4.53. The van der Waals surface area contributed by atoms with Crippen molar-refractivity contribution < 1.29 is 0 Å². The molecule has 3 rings (SSSR count). The third-order valence-corrected chi connectivity index (χ3v) is 4.21. The Morgan fingerprint density at radius 3 is 2.59 bits per heavy atom. The third kappa shape index (κ3) is 3.56. The molecular formula is C20H24N2. The fraction of sp³-hybridized carbons (Fsp3) is 0.350. The number of hydrogen-bond acceptors (Lipinski definition) is 1. The maximum absolute atomic E-state index is 4.53. The van der Waals surface area contributed by atoms with Gasteiger partial charge in [-0.2, -0.15) is 0 Å². The third-order valence-electron chi connectivity index (χ3n) is 4.21. The lowest BCUT2D eigenvalue weighted by Gasteiger charge is -2.02. The molecule has 0 radical (unpaired) electrons. The molecule has 1 aromatic heterocycles. The van der Waals surface area contributed by atoms with Crippen molar-refractivity contribution in [2.45, 2.75) is 45.4 Å². The molecular weight excluding hydrogens is 268 g/mol. The van der Waals surface area contributed by atoms with Crippen LogP contribution < -0.4 is 0 Å². The van der Waals surface area contributed by atoms with E-state index in [4.69, 9.17) is 0 Å². The zero-order valence-corrected chi connectivity index (χ0v) is 13.3. The largest absolute Gasteiger partial charge is 0.342 e. The topological polar surface area (TPSA) is 28.7 Å². The van der Waals surface area contributed by atoms with Gasteiger partial charge in [0.2, 0.25) is 0 Å². The quantitative estimate of drug-likeness (QED) is 0.552. The van der Waals surface area contributed by atoms with Gasteiger partial charge in [0.15, 0.2) is 0 Å². The van der Waals surface area contributed by atoms with Crippen LogP contribution in [-0.4, -0.2) is 9.97 Å². The predicted molar refractivity (Wildman–Crippen MR) is 94.0 cm³/mol. The number of H-pyrrole nitrogens is 1. The molecule has 0 spiro atoms. The average Bonchev–Trinajstić information content (AvgIpc) is 3.03. The standard InChI is InChI=1S/C20H24N2/c1-2-3-4-5-6-11-20-21-15-19(22-20)18-13-12-16-9-7-8-10-17(16)14-18/h7-10,12-15H,2-6,11H2,1H3,(H,21,22). The Morgan fingerprint density at radius 1 is 0.909 bits per heavy atom. The van der Waals surface area contributed by atoms with E-state index in [0.29, 0.717) is 0 Å². The van der Waals surface area contributed by atoms with E-state index >= 15 is 0 Å². The van der Waals surface area contributed by atoms with Crippen molar-refractivity contribution in [3.05, 3.63) is 54.5 Å². The highest BCUT2D eigenvalue weighted by molar-refractivity contribution is 5.86. The lowest BCUT2D eigenvalue weighted by atomic mass is 10.1. The van der Waals surface area contributed by atoms with Crippen LogP contribution in [0, 0.1) is 0 Å². The molecule has 114 valence electrons. The molecule has 0 amide bonds. The normalized spacial score (nSPS) is 11.1. The first-order valence-corrected chi connectivity index (χ1v) is 8.40. The molecule has 0 aliphatic carbocycles. The molecule has 0 atom stereocenters. The minimum absolute atomic E-state index is 1.05. The van der Waals surface area contributed by atoms with Crippen LogP contribution in [0.3, 0.4) is 0 Å². The minimum atomic E-state index is 1.05. The molecule has 0 unspecified atom stereocenters. The Balaban J connectivity index is 1.66. The van der Waals surface area contributed by atoms with Crippen LogP contribution in [0.25, 0.3) is 22.0 Å². The molecule has 1 heterocycles. The van der Waals surface area contributed by atoms with Crippen LogP contribution in [0.4, 0.5) is 0 Å². The van der Waals surface area contributed by atoms with Gasteiger partial charge < -0.3 is 4.98 Å². The zero-order chi connectivity index (χ0) is 15.2. The molecule has 0 saturated heterocycles. The van der Waals surface area contributed by atoms with Crippen LogP contribution in [-0.2, 0) is 6.42 Å². The van der Waals surface area contributed by atoms with Gasteiger partial charge in [0.1, 0.15) is 5.82 Å². The van der Waals surface area contributed by atoms with Gasteiger partial charge in [-0.1, -0.05) is 69.0 Å². The number of aromatic nitrogens is 2. The predicted octanol–water partition coefficient (Wildman–Crippen LogP) is 5.74. The zero-order valence-electron chi connectivity index (χ0n) is 13.3. The first kappa shape index (κ1) is 14.8. The van der Waals surface area contributed by atoms with Crippen LogP contribution in [0.5, 0.6) is 0 Å². The fourth-order valence-corrected chi connectivity index (χ4v) is 2.89. The van der Waals surface area contributed by atoms with Gasteiger partial charge in [-0.25, -0.2) is 4.98 Å². The molecule has 22 heavy (non-hydrogen) atoms. The van der Waals surface area contributed by atoms with Crippen LogP contribution in [0.2, 0.25) is 0 Å². The van der Waals surface area contributed by atoms with Crippen molar-refractivity contribution in [1.82, 2.24) is 9.97 Å². The average molecular weight is 292 g/mol. The van der Waals surface area contributed by atoms with Crippen molar-refractivity contribution in [2.24, 2.45) is 0 Å². The SMILES string of the molecule is CCCCCCCc1ncc(-c2ccc3ccccc3c2)[nH]1. The summed E-state index contributed by atoms with van der Waals surface area (Å²) in [7, 11) is 0. The lowest BCUT2D eigenvalue weighted by Crippen LogP contribution is -1.89. The highest BCUT2D eigenvalue weighted by Crippen LogP contribution is 2.23. The summed E-state index contributed by atoms with van der Waals surface area (Å²) in [5, 5.41) is 2.55. The molecule has 0 saturated carbocycles. The summed E-state index contributed by atoms with van der Waals surface area (Å²) in [5.41, 5.74) is 2.33. The highest BCUT2D eigenvalue weighted by Gasteiger charge is 2.04. The monoisotopic (exact) mass is 292 g/mol. The second-order valence-electron chi connectivity index (χ2n) is 5.97. The summed E-state index contributed by atoms with van der Waals surface area (Å²) in [4.78, 5) is 8.01. The van der Waals surface area contributed by atoms with Crippen LogP contribution in [0.15, 0.2) is 48.7 Å². The van der Waals surface area contributed by atoms with E-state index in [0.717, 1.165) is 17.9 Å². The highest BCUT2D eigenvalue weighted by atomic mass is 14.9. The van der Waals surface area contributed by atoms with Crippen LogP contribution in [0.1, 0.15) is 44.9 Å². The molecule has 2 nitrogen and oxygen atoms in total. The van der Waals surface area contributed by atoms with Crippen molar-refractivity contribution >= 4 is 10.8 Å². The summed E-state index contributed by atoms with van der Waals surface area (Å²) in [5.74, 6) is 1.11. The van der Waals surface area contributed by atoms with E-state index in [1.54, 1.807) is 0 Å². The van der Waals surface area contributed by atoms with Gasteiger partial charge in [0, 0.05) is 12.0 Å². The van der Waals surface area contributed by atoms with Crippen molar-refractivity contribution in [1.29, 1.82) is 0 Å². The number of aryl methyl sites for hydroxylation is 1. The molecule has 2 heteroatoms. The number of nitrogens with zero attached hydrogens (tertiary/aromatic N) is 1. The number of imidazole rings is 1. The van der Waals surface area contributed by atoms with E-state index in [9.17, 15) is 0 Å². The molecule has 0 aliphatic rings. The molecule has 3 aromatic rings. The number of rotatable bonds is 7. The fourth-order valence-electron chi connectivity index (χ4n) is 2.89. The van der Waals surface area contributed by atoms with Gasteiger partial charge in [0.25, 0.3) is 0 Å². The maximum Gasteiger partial charge on any atom is 0.106 e. The number of hydrogen-bond donors (Lipinski definition) is 1. The van der Waals surface area contributed by atoms with E-state index in [1.165, 1.54) is 48.4 Å². The smallest absolute Gasteiger partial charge is 0.106 e. The van der Waals surface area contributed by atoms with Crippen molar-refractivity contribution in [3.8, 4) is 11.3 Å². The van der Waals surface area contributed by atoms with Crippen molar-refractivity contribution in [3.63, 3.8) is 0 Å². The van der Waals surface area contributed by atoms with E-state index in [1.807, 2.05) is 6.20 Å². The second-order valence-corrected chi connectivity index (χ2v) is 5.97. The summed E-state index contributed by atoms with van der Waals surface area (Å²) in [6, 6.07) is 15.0. The lowest BCUT2D eigenvalue weighted by molar-refractivity contribution is 0.624. The van der Waals surface area contributed by atoms with E-state index in [2.05, 4.69) is 59.4 Å². The summed E-state index contributed by atoms with van der Waals surface area (Å²) < 4.78 is 0. The Kier molecular flexibility index (Phi) is 4.89. The number of unbranched alkanes of at least 4 members (excludes halogenated alkanes) is 4. The molecule has 1 N–H and O–H groups in total. The summed E-state index contributed by atoms with van der Waals surface area (Å²) in [6.07, 6.45) is 9.54. The Bertz CT molecular complexity index is 727. The van der Waals surface area contributed by atoms with E-state index < -0.39 is 0 Å². The Hall–Kier alpha value is -2.09. The molecule has 0 fully saturated rings. The van der Waals surface area contributed by atoms with Gasteiger partial charge >= 0.3 is 0 Å². The van der Waals surface area contributed by atoms with Gasteiger partial charge in [0.05, 0.1) is 11.9 Å². The minimum Gasteiger partial charge on any atom is -0.342 e. The van der Waals surface area contributed by atoms with Gasteiger partial charge in [-0.3, -0.25) is 0 Å². The van der Waals surface area contributed by atoms with Gasteiger partial charge in [-0.05, 0) is 23.3 Å². The number of nitrogens with one attached hydrogen (secondary N) is 1. The number of fused-ring (bicyclic) bond motifs is 1. The first-order chi connectivity index (χ1) is 10.9. The Morgan fingerprint density at radius 2 is 1.73 bits per heavy atom. The van der Waals surface area contributed by atoms with Gasteiger partial charge in [-0.15, -0.1) is 0 Å².